The first kappa shape index (κ1) is 17.5. The Bertz CT molecular complexity index is 694. The maximum Gasteiger partial charge on any atom is 0.373 e. The lowest BCUT2D eigenvalue weighted by Crippen LogP contribution is -2.44. The Hall–Kier alpha value is -1.86. The third kappa shape index (κ3) is 4.56. The van der Waals surface area contributed by atoms with E-state index >= 15 is 0 Å². The zero-order valence-corrected chi connectivity index (χ0v) is 14.4. The minimum Gasteiger partial charge on any atom is -0.354 e. The molecule has 1 aliphatic rings. The Balaban J connectivity index is 0.000000595. The quantitative estimate of drug-likeness (QED) is 0.813. The molecule has 0 atom stereocenters. The van der Waals surface area contributed by atoms with Crippen molar-refractivity contribution in [2.45, 2.75) is 6.92 Å². The Kier molecular flexibility index (Phi) is 6.18. The van der Waals surface area contributed by atoms with E-state index in [2.05, 4.69) is 31.8 Å². The minimum atomic E-state index is 0.250. The average molecular weight is 354 g/mol. The van der Waals surface area contributed by atoms with Gasteiger partial charge >= 0.3 is 6.15 Å². The molecule has 0 unspecified atom stereocenters. The minimum absolute atomic E-state index is 0.250. The van der Waals surface area contributed by atoms with Gasteiger partial charge in [-0.3, -0.25) is 0 Å². The molecule has 1 saturated heterocycles. The Labute approximate surface area is 142 Å². The Morgan fingerprint density at radius 2 is 1.87 bits per heavy atom. The van der Waals surface area contributed by atoms with Crippen LogP contribution in [0.1, 0.15) is 4.88 Å². The molecule has 0 saturated carbocycles. The third-order valence-corrected chi connectivity index (χ3v) is 4.53. The number of piperazine rings is 1. The van der Waals surface area contributed by atoms with Gasteiger partial charge < -0.3 is 9.80 Å². The lowest BCUT2D eigenvalue weighted by molar-refractivity contribution is -0.191. The highest BCUT2D eigenvalue weighted by Gasteiger charge is 2.17. The fourth-order valence-electron chi connectivity index (χ4n) is 2.25. The molecular weight excluding hydrogens is 338 g/mol. The molecule has 122 valence electrons. The number of nitrogens with zero attached hydrogens (tertiary/aromatic N) is 5. The summed E-state index contributed by atoms with van der Waals surface area (Å²) < 4.78 is 0.533. The van der Waals surface area contributed by atoms with Gasteiger partial charge in [-0.05, 0) is 20.0 Å². The van der Waals surface area contributed by atoms with Gasteiger partial charge in [0.15, 0.2) is 10.3 Å². The van der Waals surface area contributed by atoms with Crippen LogP contribution in [0.3, 0.4) is 0 Å². The summed E-state index contributed by atoms with van der Waals surface area (Å²) in [6, 6.07) is 1.96. The summed E-state index contributed by atoms with van der Waals surface area (Å²) in [4.78, 5) is 35.2. The number of likely N-dealkylation sites (N-methyl/N-ethyl adjacent to an activating group) is 1. The topological polar surface area (TPSA) is 79.3 Å². The van der Waals surface area contributed by atoms with E-state index in [1.54, 1.807) is 6.20 Å². The van der Waals surface area contributed by atoms with Gasteiger partial charge in [0.2, 0.25) is 0 Å². The third-order valence-electron chi connectivity index (χ3n) is 3.45. The van der Waals surface area contributed by atoms with Gasteiger partial charge in [-0.1, -0.05) is 11.6 Å². The second kappa shape index (κ2) is 8.12. The van der Waals surface area contributed by atoms with E-state index in [-0.39, 0.29) is 6.15 Å². The summed E-state index contributed by atoms with van der Waals surface area (Å²) in [7, 11) is 2.14. The van der Waals surface area contributed by atoms with E-state index < -0.39 is 0 Å². The number of anilines is 1. The van der Waals surface area contributed by atoms with Crippen molar-refractivity contribution in [3.05, 3.63) is 21.6 Å². The molecule has 1 aliphatic heterocycles. The molecule has 0 aliphatic carbocycles. The summed E-state index contributed by atoms with van der Waals surface area (Å²) in [6.07, 6.45) is 2.04. The number of aryl methyl sites for hydroxylation is 1. The number of rotatable bonds is 2. The van der Waals surface area contributed by atoms with E-state index in [9.17, 15) is 0 Å². The smallest absolute Gasteiger partial charge is 0.354 e. The second-order valence-corrected chi connectivity index (χ2v) is 6.77. The first-order valence-corrected chi connectivity index (χ1v) is 8.13. The Morgan fingerprint density at radius 1 is 1.22 bits per heavy atom. The van der Waals surface area contributed by atoms with Gasteiger partial charge in [0.25, 0.3) is 0 Å². The number of halogens is 1. The molecule has 7 nitrogen and oxygen atoms in total. The molecule has 23 heavy (non-hydrogen) atoms. The van der Waals surface area contributed by atoms with E-state index in [4.69, 9.17) is 21.2 Å². The number of carbonyl (C=O) groups excluding carboxylic acids is 2. The van der Waals surface area contributed by atoms with Crippen molar-refractivity contribution in [1.82, 2.24) is 19.9 Å². The van der Waals surface area contributed by atoms with E-state index in [0.717, 1.165) is 42.6 Å². The number of thiazole rings is 1. The Morgan fingerprint density at radius 3 is 2.43 bits per heavy atom. The highest BCUT2D eigenvalue weighted by atomic mass is 35.5. The lowest BCUT2D eigenvalue weighted by atomic mass is 10.3. The van der Waals surface area contributed by atoms with Gasteiger partial charge in [-0.25, -0.2) is 15.0 Å². The lowest BCUT2D eigenvalue weighted by Gasteiger charge is -2.33. The van der Waals surface area contributed by atoms with Crippen LogP contribution in [0.15, 0.2) is 12.3 Å². The maximum atomic E-state index is 8.12. The van der Waals surface area contributed by atoms with Crippen LogP contribution in [0.5, 0.6) is 0 Å². The SMILES string of the molecule is Cc1sc(Cl)nc1-c1nccc(N2CCN(C)CC2)n1.O=C=O. The molecule has 3 heterocycles. The fourth-order valence-corrected chi connectivity index (χ4v) is 3.30. The molecule has 0 amide bonds. The molecule has 0 bridgehead atoms. The monoisotopic (exact) mass is 353 g/mol. The largest absolute Gasteiger partial charge is 0.373 e. The summed E-state index contributed by atoms with van der Waals surface area (Å²) in [5.74, 6) is 1.62. The van der Waals surface area contributed by atoms with E-state index in [1.165, 1.54) is 11.3 Å². The summed E-state index contributed by atoms with van der Waals surface area (Å²) in [5, 5.41) is 0. The predicted molar refractivity (Wildman–Crippen MR) is 87.6 cm³/mol. The molecular formula is C14H16ClN5O2S. The van der Waals surface area contributed by atoms with Crippen molar-refractivity contribution < 1.29 is 9.59 Å². The van der Waals surface area contributed by atoms with Crippen molar-refractivity contribution in [1.29, 1.82) is 0 Å². The van der Waals surface area contributed by atoms with Crippen LogP contribution in [-0.4, -0.2) is 59.2 Å². The number of hydrogen-bond donors (Lipinski definition) is 0. The number of hydrogen-bond acceptors (Lipinski definition) is 8. The van der Waals surface area contributed by atoms with Crippen LogP contribution >= 0.6 is 22.9 Å². The van der Waals surface area contributed by atoms with Crippen molar-refractivity contribution in [3.63, 3.8) is 0 Å². The molecule has 1 fully saturated rings. The molecule has 2 aromatic heterocycles. The predicted octanol–water partition coefficient (Wildman–Crippen LogP) is 1.73. The fraction of sp³-hybridized carbons (Fsp3) is 0.429. The molecule has 0 spiro atoms. The van der Waals surface area contributed by atoms with Gasteiger partial charge in [0, 0.05) is 37.3 Å². The van der Waals surface area contributed by atoms with Crippen LogP contribution in [0.4, 0.5) is 5.82 Å². The molecule has 0 aromatic carbocycles. The van der Waals surface area contributed by atoms with Crippen molar-refractivity contribution in [2.24, 2.45) is 0 Å². The van der Waals surface area contributed by atoms with Crippen LogP contribution < -0.4 is 4.90 Å². The van der Waals surface area contributed by atoms with Crippen molar-refractivity contribution >= 4 is 34.9 Å². The molecule has 3 rings (SSSR count). The first-order chi connectivity index (χ1) is 11.0. The van der Waals surface area contributed by atoms with Crippen LogP contribution in [-0.2, 0) is 9.59 Å². The second-order valence-electron chi connectivity index (χ2n) is 4.98. The zero-order chi connectivity index (χ0) is 16.8. The maximum absolute atomic E-state index is 8.12. The van der Waals surface area contributed by atoms with Gasteiger partial charge in [0.1, 0.15) is 11.5 Å². The summed E-state index contributed by atoms with van der Waals surface area (Å²) in [5.41, 5.74) is 0.788. The van der Waals surface area contributed by atoms with Crippen LogP contribution in [0.2, 0.25) is 4.47 Å². The summed E-state index contributed by atoms with van der Waals surface area (Å²) in [6.45, 7) is 6.08. The van der Waals surface area contributed by atoms with Gasteiger partial charge in [0.05, 0.1) is 0 Å². The zero-order valence-electron chi connectivity index (χ0n) is 12.8. The molecule has 0 N–H and O–H groups in total. The van der Waals surface area contributed by atoms with Crippen LogP contribution in [0.25, 0.3) is 11.5 Å². The first-order valence-electron chi connectivity index (χ1n) is 6.94. The van der Waals surface area contributed by atoms with Gasteiger partial charge in [-0.2, -0.15) is 9.59 Å². The van der Waals surface area contributed by atoms with Crippen molar-refractivity contribution in [2.75, 3.05) is 38.1 Å². The van der Waals surface area contributed by atoms with Gasteiger partial charge in [-0.15, -0.1) is 11.3 Å². The standard InChI is InChI=1S/C13H16ClN5S.CO2/c1-9-11(17-13(14)20-9)12-15-4-3-10(16-12)19-7-5-18(2)6-8-19;2-1-3/h3-4H,5-8H2,1-2H3;. The van der Waals surface area contributed by atoms with Crippen molar-refractivity contribution in [3.8, 4) is 11.5 Å². The highest BCUT2D eigenvalue weighted by Crippen LogP contribution is 2.28. The average Bonchev–Trinajstić information content (AvgIpc) is 2.88. The highest BCUT2D eigenvalue weighted by molar-refractivity contribution is 7.16. The van der Waals surface area contributed by atoms with E-state index in [0.29, 0.717) is 10.3 Å². The molecule has 0 radical (unpaired) electrons. The van der Waals surface area contributed by atoms with E-state index in [1.807, 2.05) is 13.0 Å². The molecule has 9 heteroatoms. The molecule has 2 aromatic rings. The van der Waals surface area contributed by atoms with Crippen LogP contribution in [0, 0.1) is 6.92 Å². The summed E-state index contributed by atoms with van der Waals surface area (Å²) >= 11 is 7.42. The number of aromatic nitrogens is 3. The normalized spacial score (nSPS) is 14.8.